The number of benzene rings is 7. The van der Waals surface area contributed by atoms with Crippen molar-refractivity contribution in [3.63, 3.8) is 0 Å². The first-order valence-corrected chi connectivity index (χ1v) is 22.1. The van der Waals surface area contributed by atoms with Gasteiger partial charge in [0.25, 0.3) is 0 Å². The van der Waals surface area contributed by atoms with Crippen molar-refractivity contribution in [3.8, 4) is 0 Å². The lowest BCUT2D eigenvalue weighted by molar-refractivity contribution is 0.320. The van der Waals surface area contributed by atoms with Crippen LogP contribution in [0.5, 0.6) is 0 Å². The van der Waals surface area contributed by atoms with Crippen LogP contribution in [-0.2, 0) is 16.7 Å². The Labute approximate surface area is 395 Å². The summed E-state index contributed by atoms with van der Waals surface area (Å²) in [6.45, 7) is 0. The molecule has 1 aliphatic rings. The Balaban J connectivity index is 0.000000273. The molecule has 13 heteroatoms. The minimum absolute atomic E-state index is 0.0227. The Morgan fingerprint density at radius 2 is 0.875 bits per heavy atom. The SMILES string of the molecule is Clc1ccccc1C1(c2ccccc2Cl)NC(c2ccccc2)(c2ccccc2)C(c2ccccc2)(c2ccccc2)N1c1ncc[nH]1.Clc1nc(Cl)nc(Nc2ccccc2Cl)n1. The van der Waals surface area contributed by atoms with Crippen LogP contribution in [0, 0.1) is 0 Å². The van der Waals surface area contributed by atoms with E-state index in [0.29, 0.717) is 26.7 Å². The number of hydrogen-bond donors (Lipinski definition) is 3. The number of halogens is 5. The Kier molecular flexibility index (Phi) is 12.4. The molecule has 1 fully saturated rings. The number of hydrogen-bond acceptors (Lipinski definition) is 7. The van der Waals surface area contributed by atoms with Crippen LogP contribution in [0.4, 0.5) is 17.6 Å². The predicted molar refractivity (Wildman–Crippen MR) is 260 cm³/mol. The van der Waals surface area contributed by atoms with E-state index in [1.54, 1.807) is 18.3 Å². The van der Waals surface area contributed by atoms with Gasteiger partial charge in [-0.2, -0.15) is 15.0 Å². The van der Waals surface area contributed by atoms with Crippen LogP contribution >= 0.6 is 58.0 Å². The average molecular weight is 939 g/mol. The maximum Gasteiger partial charge on any atom is 0.232 e. The summed E-state index contributed by atoms with van der Waals surface area (Å²) in [5.74, 6) is 0.891. The number of para-hydroxylation sites is 1. The molecule has 7 aromatic carbocycles. The van der Waals surface area contributed by atoms with Gasteiger partial charge in [0.15, 0.2) is 5.66 Å². The standard InChI is InChI=1S/C42H32Cl2N4.C9H5Cl3N4/c43-37-27-15-13-25-35(37)42(36-26-14-16-28-38(36)44)47-40(31-17-5-1-6-18-31,32-19-7-2-8-20-32)41(33-21-9-3-10-22-33,34-23-11-4-12-24-34)48(42)39-45-29-30-46-39;10-5-3-1-2-4-6(5)13-9-15-7(11)14-8(12)16-9/h1-30,47H,(H,45,46);1-4H,(H,13,14,15,16). The lowest BCUT2D eigenvalue weighted by atomic mass is 9.62. The van der Waals surface area contributed by atoms with E-state index in [2.05, 4.69) is 169 Å². The highest BCUT2D eigenvalue weighted by atomic mass is 35.5. The van der Waals surface area contributed by atoms with Gasteiger partial charge in [-0.05, 0) is 69.7 Å². The van der Waals surface area contributed by atoms with Gasteiger partial charge in [0.05, 0.1) is 10.7 Å². The fraction of sp³-hybridized carbons (Fsp3) is 0.0588. The Morgan fingerprint density at radius 1 is 0.453 bits per heavy atom. The van der Waals surface area contributed by atoms with Gasteiger partial charge in [-0.3, -0.25) is 10.2 Å². The minimum Gasteiger partial charge on any atom is -0.331 e. The molecule has 3 heterocycles. The molecule has 10 rings (SSSR count). The van der Waals surface area contributed by atoms with Crippen molar-refractivity contribution in [2.75, 3.05) is 10.2 Å². The number of H-pyrrole nitrogens is 1. The van der Waals surface area contributed by atoms with Crippen molar-refractivity contribution < 1.29 is 0 Å². The van der Waals surface area contributed by atoms with Gasteiger partial charge in [-0.25, -0.2) is 4.98 Å². The first-order chi connectivity index (χ1) is 31.3. The number of anilines is 3. The molecule has 8 nitrogen and oxygen atoms in total. The number of nitrogens with one attached hydrogen (secondary N) is 3. The summed E-state index contributed by atoms with van der Waals surface area (Å²) in [5.41, 5.74) is 3.36. The van der Waals surface area contributed by atoms with Crippen LogP contribution in [0.1, 0.15) is 33.4 Å². The van der Waals surface area contributed by atoms with E-state index in [0.717, 1.165) is 33.4 Å². The van der Waals surface area contributed by atoms with Crippen LogP contribution in [-0.4, -0.2) is 24.9 Å². The Bertz CT molecular complexity index is 2830. The van der Waals surface area contributed by atoms with Gasteiger partial charge in [0, 0.05) is 33.6 Å². The second-order valence-corrected chi connectivity index (χ2v) is 16.7. The van der Waals surface area contributed by atoms with Gasteiger partial charge < -0.3 is 10.3 Å². The second kappa shape index (κ2) is 18.5. The smallest absolute Gasteiger partial charge is 0.232 e. The zero-order valence-corrected chi connectivity index (χ0v) is 37.5. The molecule has 0 radical (unpaired) electrons. The third-order valence-electron chi connectivity index (χ3n) is 11.3. The summed E-state index contributed by atoms with van der Waals surface area (Å²) in [7, 11) is 0. The van der Waals surface area contributed by atoms with Crippen molar-refractivity contribution in [1.82, 2.24) is 30.2 Å². The van der Waals surface area contributed by atoms with E-state index in [4.69, 9.17) is 63.0 Å². The molecule has 64 heavy (non-hydrogen) atoms. The minimum atomic E-state index is -1.19. The van der Waals surface area contributed by atoms with Crippen LogP contribution in [0.15, 0.2) is 207 Å². The summed E-state index contributed by atoms with van der Waals surface area (Å²) in [4.78, 5) is 22.3. The molecule has 1 saturated heterocycles. The van der Waals surface area contributed by atoms with Gasteiger partial charge in [-0.15, -0.1) is 0 Å². The molecule has 0 unspecified atom stereocenters. The van der Waals surface area contributed by atoms with Crippen molar-refractivity contribution >= 4 is 75.6 Å². The number of imidazole rings is 1. The molecule has 0 bridgehead atoms. The van der Waals surface area contributed by atoms with Crippen molar-refractivity contribution in [3.05, 3.63) is 266 Å². The van der Waals surface area contributed by atoms with E-state index in [-0.39, 0.29) is 16.5 Å². The van der Waals surface area contributed by atoms with Crippen molar-refractivity contribution in [2.24, 2.45) is 0 Å². The first kappa shape index (κ1) is 43.0. The topological polar surface area (TPSA) is 94.7 Å². The normalized spacial score (nSPS) is 14.6. The fourth-order valence-electron chi connectivity index (χ4n) is 8.95. The van der Waals surface area contributed by atoms with E-state index in [1.807, 2.05) is 54.7 Å². The molecule has 3 N–H and O–H groups in total. The molecular formula is C51H37Cl5N8. The highest BCUT2D eigenvalue weighted by Gasteiger charge is 2.73. The Hall–Kier alpha value is -6.23. The van der Waals surface area contributed by atoms with Gasteiger partial charge in [0.1, 0.15) is 11.1 Å². The first-order valence-electron chi connectivity index (χ1n) is 20.2. The summed E-state index contributed by atoms with van der Waals surface area (Å²) in [5, 5.41) is 9.06. The van der Waals surface area contributed by atoms with E-state index in [9.17, 15) is 0 Å². The highest BCUT2D eigenvalue weighted by Crippen LogP contribution is 2.65. The van der Waals surface area contributed by atoms with Crippen LogP contribution < -0.4 is 15.5 Å². The molecule has 0 aliphatic carbocycles. The molecular weight excluding hydrogens is 902 g/mol. The lowest BCUT2D eigenvalue weighted by Gasteiger charge is -2.51. The van der Waals surface area contributed by atoms with Crippen LogP contribution in [0.3, 0.4) is 0 Å². The van der Waals surface area contributed by atoms with Gasteiger partial charge in [-0.1, -0.05) is 205 Å². The number of rotatable bonds is 9. The van der Waals surface area contributed by atoms with Crippen LogP contribution in [0.25, 0.3) is 0 Å². The lowest BCUT2D eigenvalue weighted by Crippen LogP contribution is -2.58. The van der Waals surface area contributed by atoms with Crippen LogP contribution in [0.2, 0.25) is 25.6 Å². The van der Waals surface area contributed by atoms with Crippen molar-refractivity contribution in [2.45, 2.75) is 16.7 Å². The molecule has 9 aromatic rings. The number of aromatic nitrogens is 5. The molecule has 316 valence electrons. The predicted octanol–water partition coefficient (Wildman–Crippen LogP) is 13.5. The number of nitrogens with zero attached hydrogens (tertiary/aromatic N) is 5. The molecule has 0 saturated carbocycles. The molecule has 0 spiro atoms. The third kappa shape index (κ3) is 7.56. The average Bonchev–Trinajstić information content (AvgIpc) is 3.96. The maximum atomic E-state index is 7.35. The quantitative estimate of drug-likeness (QED) is 0.133. The molecule has 1 aliphatic heterocycles. The van der Waals surface area contributed by atoms with E-state index in [1.165, 1.54) is 0 Å². The highest BCUT2D eigenvalue weighted by molar-refractivity contribution is 6.33. The monoisotopic (exact) mass is 936 g/mol. The third-order valence-corrected chi connectivity index (χ3v) is 12.6. The summed E-state index contributed by atoms with van der Waals surface area (Å²) in [6, 6.07) is 65.9. The zero-order chi connectivity index (χ0) is 44.2. The van der Waals surface area contributed by atoms with Gasteiger partial charge in [0.2, 0.25) is 22.5 Å². The summed E-state index contributed by atoms with van der Waals surface area (Å²) >= 11 is 31.9. The molecule has 2 aromatic heterocycles. The maximum absolute atomic E-state index is 7.35. The van der Waals surface area contributed by atoms with Gasteiger partial charge >= 0.3 is 0 Å². The fourth-order valence-corrected chi connectivity index (χ4v) is 10.0. The van der Waals surface area contributed by atoms with E-state index < -0.39 is 16.7 Å². The van der Waals surface area contributed by atoms with E-state index >= 15 is 0 Å². The summed E-state index contributed by atoms with van der Waals surface area (Å²) in [6.07, 6.45) is 3.66. The second-order valence-electron chi connectivity index (χ2n) is 14.8. The summed E-state index contributed by atoms with van der Waals surface area (Å²) < 4.78 is 0. The largest absolute Gasteiger partial charge is 0.331 e. The molecule has 0 amide bonds. The van der Waals surface area contributed by atoms with Crippen molar-refractivity contribution in [1.29, 1.82) is 0 Å². The zero-order valence-electron chi connectivity index (χ0n) is 33.8. The Morgan fingerprint density at radius 3 is 1.31 bits per heavy atom. The number of aromatic amines is 1. The molecule has 0 atom stereocenters.